The first-order chi connectivity index (χ1) is 8.86. The van der Waals surface area contributed by atoms with E-state index < -0.39 is 23.8 Å². The maximum atomic E-state index is 12.2. The Labute approximate surface area is 108 Å². The highest BCUT2D eigenvalue weighted by molar-refractivity contribution is 5.95. The molecule has 19 heavy (non-hydrogen) atoms. The normalized spacial score (nSPS) is 10.4. The van der Waals surface area contributed by atoms with Crippen molar-refractivity contribution in [2.24, 2.45) is 0 Å². The van der Waals surface area contributed by atoms with E-state index in [0.29, 0.717) is 0 Å². The van der Waals surface area contributed by atoms with Crippen molar-refractivity contribution in [2.45, 2.75) is 6.43 Å². The second kappa shape index (κ2) is 6.07. The minimum absolute atomic E-state index is 0.00569. The Hall–Kier alpha value is -2.25. The number of anilines is 1. The molecular weight excluding hydrogens is 260 g/mol. The number of nitro benzene ring substituents is 1. The molecule has 0 saturated heterocycles. The van der Waals surface area contributed by atoms with Crippen molar-refractivity contribution in [3.63, 3.8) is 0 Å². The van der Waals surface area contributed by atoms with Crippen molar-refractivity contribution in [3.05, 3.63) is 33.9 Å². The van der Waals surface area contributed by atoms with Crippen LogP contribution >= 0.6 is 0 Å². The average Bonchev–Trinajstić information content (AvgIpc) is 2.36. The van der Waals surface area contributed by atoms with Crippen LogP contribution in [0.4, 0.5) is 20.2 Å². The molecule has 0 fully saturated rings. The van der Waals surface area contributed by atoms with Crippen molar-refractivity contribution in [3.8, 4) is 0 Å². The Balaban J connectivity index is 3.05. The van der Waals surface area contributed by atoms with Gasteiger partial charge in [-0.25, -0.2) is 8.78 Å². The van der Waals surface area contributed by atoms with Crippen LogP contribution in [0.25, 0.3) is 0 Å². The highest BCUT2D eigenvalue weighted by atomic mass is 19.3. The molecular formula is C11H13F2N3O3. The molecule has 1 rings (SSSR count). The van der Waals surface area contributed by atoms with E-state index in [-0.39, 0.29) is 16.9 Å². The molecule has 0 aliphatic carbocycles. The zero-order valence-electron chi connectivity index (χ0n) is 10.4. The van der Waals surface area contributed by atoms with Gasteiger partial charge in [-0.2, -0.15) is 0 Å². The molecule has 0 aliphatic heterocycles. The van der Waals surface area contributed by atoms with E-state index in [1.165, 1.54) is 26.2 Å². The highest BCUT2D eigenvalue weighted by Crippen LogP contribution is 2.25. The van der Waals surface area contributed by atoms with Gasteiger partial charge in [0.05, 0.1) is 11.5 Å². The zero-order chi connectivity index (χ0) is 14.6. The molecule has 0 spiro atoms. The zero-order valence-corrected chi connectivity index (χ0v) is 10.4. The van der Waals surface area contributed by atoms with Crippen LogP contribution < -0.4 is 5.32 Å². The van der Waals surface area contributed by atoms with Gasteiger partial charge >= 0.3 is 0 Å². The molecule has 0 saturated carbocycles. The molecule has 6 nitrogen and oxygen atoms in total. The molecule has 0 heterocycles. The number of benzene rings is 1. The first-order valence-corrected chi connectivity index (χ1v) is 5.36. The predicted molar refractivity (Wildman–Crippen MR) is 65.6 cm³/mol. The molecule has 0 radical (unpaired) electrons. The topological polar surface area (TPSA) is 75.5 Å². The van der Waals surface area contributed by atoms with Crippen molar-refractivity contribution >= 4 is 17.3 Å². The van der Waals surface area contributed by atoms with Gasteiger partial charge in [0, 0.05) is 25.7 Å². The minimum atomic E-state index is -2.65. The lowest BCUT2D eigenvalue weighted by atomic mass is 10.1. The van der Waals surface area contributed by atoms with Gasteiger partial charge in [0.15, 0.2) is 0 Å². The maximum absolute atomic E-state index is 12.2. The van der Waals surface area contributed by atoms with Crippen LogP contribution in [0.1, 0.15) is 10.4 Å². The number of nitro groups is 1. The van der Waals surface area contributed by atoms with Gasteiger partial charge in [0.2, 0.25) is 0 Å². The summed E-state index contributed by atoms with van der Waals surface area (Å²) in [6.07, 6.45) is -2.65. The number of hydrogen-bond donors (Lipinski definition) is 1. The summed E-state index contributed by atoms with van der Waals surface area (Å²) in [7, 11) is 2.72. The van der Waals surface area contributed by atoms with Crippen LogP contribution in [0.5, 0.6) is 0 Å². The lowest BCUT2D eigenvalue weighted by molar-refractivity contribution is -0.384. The van der Waals surface area contributed by atoms with E-state index in [1.54, 1.807) is 0 Å². The molecule has 1 amide bonds. The fraction of sp³-hybridized carbons (Fsp3) is 0.364. The lowest BCUT2D eigenvalue weighted by Gasteiger charge is -2.16. The second-order valence-corrected chi connectivity index (χ2v) is 3.82. The number of halogens is 2. The van der Waals surface area contributed by atoms with Gasteiger partial charge < -0.3 is 10.2 Å². The SMILES string of the molecule is CNc1ccc(C(=O)N(C)CC(F)F)cc1[N+](=O)[O-]. The smallest absolute Gasteiger partial charge is 0.293 e. The summed E-state index contributed by atoms with van der Waals surface area (Å²) < 4.78 is 24.4. The van der Waals surface area contributed by atoms with Crippen LogP contribution in [0.15, 0.2) is 18.2 Å². The Morgan fingerprint density at radius 2 is 2.16 bits per heavy atom. The number of carbonyl (C=O) groups excluding carboxylic acids is 1. The standard InChI is InChI=1S/C11H13F2N3O3/c1-14-8-4-3-7(5-9(8)16(18)19)11(17)15(2)6-10(12)13/h3-5,10,14H,6H2,1-2H3. The first kappa shape index (κ1) is 14.8. The molecule has 8 heteroatoms. The van der Waals surface area contributed by atoms with Crippen LogP contribution in [0.3, 0.4) is 0 Å². The number of hydrogen-bond acceptors (Lipinski definition) is 4. The number of nitrogens with one attached hydrogen (secondary N) is 1. The molecule has 104 valence electrons. The molecule has 0 unspecified atom stereocenters. The van der Waals surface area contributed by atoms with Gasteiger partial charge in [-0.15, -0.1) is 0 Å². The number of carbonyl (C=O) groups is 1. The van der Waals surface area contributed by atoms with Gasteiger partial charge in [-0.1, -0.05) is 0 Å². The van der Waals surface area contributed by atoms with E-state index in [1.807, 2.05) is 0 Å². The van der Waals surface area contributed by atoms with Crippen molar-refractivity contribution in [1.82, 2.24) is 4.90 Å². The Bertz CT molecular complexity index is 494. The molecule has 0 aromatic heterocycles. The fourth-order valence-electron chi connectivity index (χ4n) is 1.54. The molecule has 1 aromatic carbocycles. The number of rotatable bonds is 5. The summed E-state index contributed by atoms with van der Waals surface area (Å²) in [5.74, 6) is -0.689. The van der Waals surface area contributed by atoms with Crippen LogP contribution in [0, 0.1) is 10.1 Å². The van der Waals surface area contributed by atoms with E-state index in [9.17, 15) is 23.7 Å². The van der Waals surface area contributed by atoms with E-state index in [0.717, 1.165) is 11.0 Å². The second-order valence-electron chi connectivity index (χ2n) is 3.82. The Morgan fingerprint density at radius 1 is 1.53 bits per heavy atom. The van der Waals surface area contributed by atoms with Gasteiger partial charge in [0.1, 0.15) is 5.69 Å². The molecule has 1 N–H and O–H groups in total. The third-order valence-electron chi connectivity index (χ3n) is 2.47. The van der Waals surface area contributed by atoms with Crippen LogP contribution in [-0.2, 0) is 0 Å². The monoisotopic (exact) mass is 273 g/mol. The summed E-state index contributed by atoms with van der Waals surface area (Å²) in [5, 5.41) is 13.4. The van der Waals surface area contributed by atoms with Crippen LogP contribution in [0.2, 0.25) is 0 Å². The largest absolute Gasteiger partial charge is 0.383 e. The first-order valence-electron chi connectivity index (χ1n) is 5.36. The lowest BCUT2D eigenvalue weighted by Crippen LogP contribution is -2.31. The van der Waals surface area contributed by atoms with E-state index >= 15 is 0 Å². The summed E-state index contributed by atoms with van der Waals surface area (Å²) in [5.41, 5.74) is -0.0364. The number of nitrogens with zero attached hydrogens (tertiary/aromatic N) is 2. The Kier molecular flexibility index (Phi) is 4.74. The Morgan fingerprint density at radius 3 is 2.63 bits per heavy atom. The third kappa shape index (κ3) is 3.60. The summed E-state index contributed by atoms with van der Waals surface area (Å²) >= 11 is 0. The molecule has 1 aromatic rings. The summed E-state index contributed by atoms with van der Waals surface area (Å²) in [6.45, 7) is -0.722. The van der Waals surface area contributed by atoms with Gasteiger partial charge in [0.25, 0.3) is 18.0 Å². The maximum Gasteiger partial charge on any atom is 0.293 e. The van der Waals surface area contributed by atoms with Crippen molar-refractivity contribution < 1.29 is 18.5 Å². The quantitative estimate of drug-likeness (QED) is 0.657. The fourth-order valence-corrected chi connectivity index (χ4v) is 1.54. The third-order valence-corrected chi connectivity index (χ3v) is 2.47. The summed E-state index contributed by atoms with van der Waals surface area (Å²) in [6, 6.07) is 3.78. The van der Waals surface area contributed by atoms with E-state index in [2.05, 4.69) is 5.32 Å². The highest BCUT2D eigenvalue weighted by Gasteiger charge is 2.20. The average molecular weight is 273 g/mol. The van der Waals surface area contributed by atoms with Gasteiger partial charge in [-0.05, 0) is 12.1 Å². The minimum Gasteiger partial charge on any atom is -0.383 e. The van der Waals surface area contributed by atoms with E-state index in [4.69, 9.17) is 0 Å². The van der Waals surface area contributed by atoms with Crippen molar-refractivity contribution in [2.75, 3.05) is 26.0 Å². The summed E-state index contributed by atoms with van der Waals surface area (Å²) in [4.78, 5) is 22.8. The van der Waals surface area contributed by atoms with Crippen molar-refractivity contribution in [1.29, 1.82) is 0 Å². The van der Waals surface area contributed by atoms with Gasteiger partial charge in [-0.3, -0.25) is 14.9 Å². The van der Waals surface area contributed by atoms with Crippen LogP contribution in [-0.4, -0.2) is 42.8 Å². The molecule has 0 bridgehead atoms. The molecule has 0 atom stereocenters. The number of alkyl halides is 2. The number of amides is 1. The molecule has 0 aliphatic rings. The predicted octanol–water partition coefficient (Wildman–Crippen LogP) is 1.97.